The molecule has 1 heterocycles. The van der Waals surface area contributed by atoms with Crippen molar-refractivity contribution in [2.75, 3.05) is 12.8 Å². The van der Waals surface area contributed by atoms with Crippen molar-refractivity contribution in [3.8, 4) is 0 Å². The smallest absolute Gasteiger partial charge is 0.390 e. The molecule has 1 aromatic rings. The zero-order chi connectivity index (χ0) is 8.43. The molecule has 0 aliphatic heterocycles. The van der Waals surface area contributed by atoms with Crippen LogP contribution in [0.1, 0.15) is 0 Å². The number of nitrogens with two attached hydrogens (primary N) is 1. The summed E-state index contributed by atoms with van der Waals surface area (Å²) in [4.78, 5) is 15.4. The molecule has 0 fully saturated rings. The first-order valence-corrected chi connectivity index (χ1v) is 2.95. The van der Waals surface area contributed by atoms with Crippen LogP contribution in [-0.2, 0) is 11.9 Å². The molecule has 1 aromatic heterocycles. The second-order valence-corrected chi connectivity index (χ2v) is 2.02. The largest absolute Gasteiger partial charge is 0.456 e. The van der Waals surface area contributed by atoms with Gasteiger partial charge in [0.1, 0.15) is 7.11 Å². The van der Waals surface area contributed by atoms with Crippen LogP contribution in [0.25, 0.3) is 0 Å². The normalized spacial score (nSPS) is 9.64. The van der Waals surface area contributed by atoms with Crippen LogP contribution in [0, 0.1) is 4.91 Å². The SMILES string of the molecule is CO[N+](=O)c1nn(C)cc1N. The first-order chi connectivity index (χ1) is 5.15. The van der Waals surface area contributed by atoms with Gasteiger partial charge in [0.25, 0.3) is 0 Å². The quantitative estimate of drug-likeness (QED) is 0.612. The lowest BCUT2D eigenvalue weighted by Crippen LogP contribution is -2.01. The standard InChI is InChI=1S/C5H9N4O2/c1-8-3-4(6)5(7-8)9(10)11-2/h3H,6H2,1-2H3/q+1. The highest BCUT2D eigenvalue weighted by molar-refractivity contribution is 5.50. The Morgan fingerprint density at radius 3 is 2.82 bits per heavy atom. The van der Waals surface area contributed by atoms with E-state index in [1.54, 1.807) is 7.05 Å². The third kappa shape index (κ3) is 1.28. The first-order valence-electron chi connectivity index (χ1n) is 2.95. The number of hydrogen-bond donors (Lipinski definition) is 1. The van der Waals surface area contributed by atoms with E-state index in [0.29, 0.717) is 5.69 Å². The molecule has 0 radical (unpaired) electrons. The summed E-state index contributed by atoms with van der Waals surface area (Å²) in [5, 5.41) is 3.76. The maximum atomic E-state index is 10.8. The molecule has 0 bridgehead atoms. The molecule has 0 spiro atoms. The van der Waals surface area contributed by atoms with Crippen LogP contribution in [0.15, 0.2) is 6.20 Å². The minimum Gasteiger partial charge on any atom is -0.390 e. The molecule has 6 nitrogen and oxygen atoms in total. The van der Waals surface area contributed by atoms with Crippen molar-refractivity contribution in [1.82, 2.24) is 9.78 Å². The molecule has 0 unspecified atom stereocenters. The van der Waals surface area contributed by atoms with Gasteiger partial charge in [-0.1, -0.05) is 0 Å². The molecule has 0 aliphatic rings. The van der Waals surface area contributed by atoms with Crippen LogP contribution in [-0.4, -0.2) is 21.8 Å². The van der Waals surface area contributed by atoms with E-state index in [1.807, 2.05) is 0 Å². The topological polar surface area (TPSA) is 73.2 Å². The van der Waals surface area contributed by atoms with Gasteiger partial charge in [0.15, 0.2) is 10.6 Å². The van der Waals surface area contributed by atoms with Gasteiger partial charge in [0.05, 0.1) is 18.3 Å². The Morgan fingerprint density at radius 1 is 1.82 bits per heavy atom. The highest BCUT2D eigenvalue weighted by Crippen LogP contribution is 2.16. The zero-order valence-corrected chi connectivity index (χ0v) is 6.31. The highest BCUT2D eigenvalue weighted by Gasteiger charge is 2.22. The van der Waals surface area contributed by atoms with E-state index in [4.69, 9.17) is 5.73 Å². The Bertz CT molecular complexity index is 280. The summed E-state index contributed by atoms with van der Waals surface area (Å²) >= 11 is 0. The monoisotopic (exact) mass is 157 g/mol. The Labute approximate surface area is 63.1 Å². The second kappa shape index (κ2) is 2.57. The third-order valence-electron chi connectivity index (χ3n) is 1.18. The van der Waals surface area contributed by atoms with Gasteiger partial charge in [-0.15, -0.1) is 0 Å². The first kappa shape index (κ1) is 7.52. The molecule has 0 saturated heterocycles. The Morgan fingerprint density at radius 2 is 2.45 bits per heavy atom. The highest BCUT2D eigenvalue weighted by atomic mass is 16.8. The second-order valence-electron chi connectivity index (χ2n) is 2.02. The minimum absolute atomic E-state index is 0.0787. The third-order valence-corrected chi connectivity index (χ3v) is 1.18. The maximum Gasteiger partial charge on any atom is 0.456 e. The van der Waals surface area contributed by atoms with Crippen LogP contribution in [0.4, 0.5) is 11.5 Å². The molecule has 11 heavy (non-hydrogen) atoms. The van der Waals surface area contributed by atoms with Gasteiger partial charge in [0, 0.05) is 0 Å². The predicted molar refractivity (Wildman–Crippen MR) is 37.9 cm³/mol. The molecule has 0 atom stereocenters. The zero-order valence-electron chi connectivity index (χ0n) is 6.31. The summed E-state index contributed by atoms with van der Waals surface area (Å²) in [6.45, 7) is 0. The fourth-order valence-electron chi connectivity index (χ4n) is 0.723. The van der Waals surface area contributed by atoms with Gasteiger partial charge in [-0.3, -0.25) is 0 Å². The number of anilines is 1. The van der Waals surface area contributed by atoms with E-state index in [9.17, 15) is 4.91 Å². The van der Waals surface area contributed by atoms with Crippen LogP contribution >= 0.6 is 0 Å². The number of aromatic nitrogens is 2. The molecule has 0 aromatic carbocycles. The van der Waals surface area contributed by atoms with Crippen molar-refractivity contribution in [1.29, 1.82) is 0 Å². The van der Waals surface area contributed by atoms with Gasteiger partial charge >= 0.3 is 5.82 Å². The lowest BCUT2D eigenvalue weighted by Gasteiger charge is -1.85. The van der Waals surface area contributed by atoms with Crippen LogP contribution in [0.3, 0.4) is 0 Å². The number of hydrogen-bond acceptors (Lipinski definition) is 4. The lowest BCUT2D eigenvalue weighted by atomic mass is 10.5. The molecule has 0 saturated carbocycles. The van der Waals surface area contributed by atoms with Crippen molar-refractivity contribution in [3.63, 3.8) is 0 Å². The molecule has 1 rings (SSSR count). The van der Waals surface area contributed by atoms with Gasteiger partial charge in [-0.05, 0) is 4.91 Å². The van der Waals surface area contributed by atoms with E-state index < -0.39 is 0 Å². The van der Waals surface area contributed by atoms with Gasteiger partial charge in [-0.25, -0.2) is 0 Å². The predicted octanol–water partition coefficient (Wildman–Crippen LogP) is -0.0259. The maximum absolute atomic E-state index is 10.8. The van der Waals surface area contributed by atoms with Crippen molar-refractivity contribution >= 4 is 11.5 Å². The molecule has 0 aliphatic carbocycles. The number of aryl methyl sites for hydroxylation is 1. The molecule has 2 N–H and O–H groups in total. The molecular weight excluding hydrogens is 148 g/mol. The fraction of sp³-hybridized carbons (Fsp3) is 0.400. The summed E-state index contributed by atoms with van der Waals surface area (Å²) < 4.78 is 1.44. The number of nitrogen functional groups attached to an aromatic ring is 1. The average molecular weight is 157 g/mol. The number of rotatable bonds is 2. The van der Waals surface area contributed by atoms with Crippen LogP contribution in [0.2, 0.25) is 0 Å². The summed E-state index contributed by atoms with van der Waals surface area (Å²) in [5.74, 6) is 0.0787. The van der Waals surface area contributed by atoms with E-state index in [2.05, 4.69) is 9.94 Å². The average Bonchev–Trinajstić information content (AvgIpc) is 2.28. The van der Waals surface area contributed by atoms with Crippen LogP contribution < -0.4 is 5.73 Å². The molecule has 6 heteroatoms. The van der Waals surface area contributed by atoms with Gasteiger partial charge < -0.3 is 10.6 Å². The van der Waals surface area contributed by atoms with E-state index in [0.717, 1.165) is 0 Å². The van der Waals surface area contributed by atoms with Crippen molar-refractivity contribution < 1.29 is 9.76 Å². The fourth-order valence-corrected chi connectivity index (χ4v) is 0.723. The summed E-state index contributed by atoms with van der Waals surface area (Å²) in [6.07, 6.45) is 1.53. The molecule has 0 amide bonds. The van der Waals surface area contributed by atoms with Gasteiger partial charge in [0.2, 0.25) is 0 Å². The van der Waals surface area contributed by atoms with Crippen molar-refractivity contribution in [2.45, 2.75) is 0 Å². The summed E-state index contributed by atoms with van der Waals surface area (Å²) in [6, 6.07) is 0. The lowest BCUT2D eigenvalue weighted by molar-refractivity contribution is -0.738. The Hall–Kier alpha value is -1.59. The van der Waals surface area contributed by atoms with E-state index in [1.165, 1.54) is 18.0 Å². The number of nitrogens with zero attached hydrogens (tertiary/aromatic N) is 3. The van der Waals surface area contributed by atoms with Crippen LogP contribution in [0.5, 0.6) is 0 Å². The van der Waals surface area contributed by atoms with E-state index >= 15 is 0 Å². The molecular formula is C5H9N4O2+. The van der Waals surface area contributed by atoms with Gasteiger partial charge in [-0.2, -0.15) is 4.68 Å². The summed E-state index contributed by atoms with van der Waals surface area (Å²) in [7, 11) is 2.92. The van der Waals surface area contributed by atoms with Crippen molar-refractivity contribution in [2.24, 2.45) is 7.05 Å². The Balaban J connectivity index is 3.03. The van der Waals surface area contributed by atoms with E-state index in [-0.39, 0.29) is 10.7 Å². The summed E-state index contributed by atoms with van der Waals surface area (Å²) in [5.41, 5.74) is 5.71. The molecule has 60 valence electrons. The Kier molecular flexibility index (Phi) is 1.75. The van der Waals surface area contributed by atoms with Crippen molar-refractivity contribution in [3.05, 3.63) is 11.1 Å². The minimum atomic E-state index is 0.0787.